The summed E-state index contributed by atoms with van der Waals surface area (Å²) in [6.45, 7) is 6.52. The Morgan fingerprint density at radius 2 is 1.88 bits per heavy atom. The maximum absolute atomic E-state index is 12.6. The number of carbonyl (C=O) groups is 1. The lowest BCUT2D eigenvalue weighted by atomic mass is 9.57. The summed E-state index contributed by atoms with van der Waals surface area (Å²) in [7, 11) is 0. The van der Waals surface area contributed by atoms with Crippen LogP contribution in [0.1, 0.15) is 66.7 Å². The third-order valence-corrected chi connectivity index (χ3v) is 9.07. The van der Waals surface area contributed by atoms with E-state index in [-0.39, 0.29) is 25.4 Å². The van der Waals surface area contributed by atoms with Gasteiger partial charge in [-0.05, 0) is 80.9 Å². The zero-order valence-electron chi connectivity index (χ0n) is 19.5. The Kier molecular flexibility index (Phi) is 7.19. The van der Waals surface area contributed by atoms with E-state index in [0.29, 0.717) is 30.6 Å². The molecule has 4 aliphatic heterocycles. The van der Waals surface area contributed by atoms with Crippen molar-refractivity contribution in [3.05, 3.63) is 24.3 Å². The zero-order valence-corrected chi connectivity index (χ0v) is 20.3. The molecule has 5 fully saturated rings. The molecule has 6 nitrogen and oxygen atoms in total. The highest BCUT2D eigenvalue weighted by molar-refractivity contribution is 7.98. The maximum atomic E-state index is 12.6. The van der Waals surface area contributed by atoms with Gasteiger partial charge >= 0.3 is 0 Å². The van der Waals surface area contributed by atoms with Crippen molar-refractivity contribution in [2.75, 3.05) is 11.6 Å². The van der Waals surface area contributed by atoms with Crippen molar-refractivity contribution in [3.63, 3.8) is 0 Å². The van der Waals surface area contributed by atoms with Crippen molar-refractivity contribution in [1.29, 1.82) is 0 Å². The smallest absolute Gasteiger partial charge is 0.224 e. The van der Waals surface area contributed by atoms with Gasteiger partial charge in [-0.25, -0.2) is 9.78 Å². The fraction of sp³-hybridized carbons (Fsp3) is 0.731. The molecule has 4 saturated heterocycles. The molecule has 1 aromatic rings. The largest absolute Gasteiger partial charge is 0.346 e. The fourth-order valence-corrected chi connectivity index (χ4v) is 6.89. The number of anilines is 1. The molecule has 184 valence electrons. The first-order chi connectivity index (χ1) is 15.3. The van der Waals surface area contributed by atoms with E-state index in [4.69, 9.17) is 19.2 Å². The quantitative estimate of drug-likeness (QED) is 0.414. The summed E-state index contributed by atoms with van der Waals surface area (Å²) in [6, 6.07) is 7.94. The van der Waals surface area contributed by atoms with E-state index < -0.39 is 17.7 Å². The Morgan fingerprint density at radius 1 is 1.12 bits per heavy atom. The van der Waals surface area contributed by atoms with E-state index in [9.17, 15) is 4.79 Å². The van der Waals surface area contributed by atoms with Crippen LogP contribution in [0, 0.1) is 23.7 Å². The molecule has 2 bridgehead atoms. The lowest BCUT2D eigenvalue weighted by Crippen LogP contribution is -2.70. The minimum absolute atomic E-state index is 0. The van der Waals surface area contributed by atoms with Gasteiger partial charge in [-0.3, -0.25) is 4.79 Å². The average Bonchev–Trinajstić information content (AvgIpc) is 3.01. The Hall–Kier alpha value is -1.12. The maximum Gasteiger partial charge on any atom is 0.224 e. The standard InChI is InChI=1S/C25H35NO5S.CH4/c1-15-5-10-20-16(2)21(11-12-22(27)26-17-6-8-18(32-4)9-7-17)28-23-25(20)19(15)13-14-24(3,29-23)30-31-25;/h6-9,15-16,19-21,23H,5,10-14H2,1-4H3,(H,26,27);1H4/t15-,16-,19+,20+,21-,23-,24-,25-;/m1./s1. The summed E-state index contributed by atoms with van der Waals surface area (Å²) in [5.41, 5.74) is 0.293. The van der Waals surface area contributed by atoms with Gasteiger partial charge in [-0.1, -0.05) is 21.3 Å². The lowest BCUT2D eigenvalue weighted by molar-refractivity contribution is -0.571. The summed E-state index contributed by atoms with van der Waals surface area (Å²) in [5.74, 6) is 0.747. The number of nitrogens with one attached hydrogen (secondary N) is 1. The molecular formula is C26H39NO5S. The number of carbonyl (C=O) groups excluding carboxylic acids is 1. The van der Waals surface area contributed by atoms with Crippen molar-refractivity contribution in [3.8, 4) is 0 Å². The van der Waals surface area contributed by atoms with Crippen LogP contribution < -0.4 is 5.32 Å². The summed E-state index contributed by atoms with van der Waals surface area (Å²) < 4.78 is 13.0. The molecule has 1 aliphatic carbocycles. The monoisotopic (exact) mass is 477 g/mol. The Morgan fingerprint density at radius 3 is 2.61 bits per heavy atom. The molecule has 5 aliphatic rings. The number of hydrogen-bond donors (Lipinski definition) is 1. The zero-order chi connectivity index (χ0) is 22.5. The Labute approximate surface area is 202 Å². The number of thioether (sulfide) groups is 1. The van der Waals surface area contributed by atoms with E-state index in [1.807, 2.05) is 37.4 Å². The van der Waals surface area contributed by atoms with Crippen LogP contribution in [0.2, 0.25) is 0 Å². The van der Waals surface area contributed by atoms with Crippen molar-refractivity contribution >= 4 is 23.4 Å². The molecule has 1 spiro atoms. The number of hydrogen-bond acceptors (Lipinski definition) is 6. The minimum Gasteiger partial charge on any atom is -0.346 e. The third-order valence-electron chi connectivity index (χ3n) is 8.32. The molecule has 0 aromatic heterocycles. The molecule has 6 rings (SSSR count). The Balaban J connectivity index is 0.00000259. The van der Waals surface area contributed by atoms with Crippen LogP contribution >= 0.6 is 11.8 Å². The van der Waals surface area contributed by atoms with Gasteiger partial charge < -0.3 is 14.8 Å². The van der Waals surface area contributed by atoms with Crippen LogP contribution in [0.3, 0.4) is 0 Å². The van der Waals surface area contributed by atoms with E-state index >= 15 is 0 Å². The first kappa shape index (κ1) is 25.0. The predicted octanol–water partition coefficient (Wildman–Crippen LogP) is 6.01. The summed E-state index contributed by atoms with van der Waals surface area (Å²) in [6.07, 6.45) is 6.75. The molecule has 1 aromatic carbocycles. The van der Waals surface area contributed by atoms with Gasteiger partial charge in [0.15, 0.2) is 11.9 Å². The first-order valence-corrected chi connectivity index (χ1v) is 13.2. The molecule has 1 saturated carbocycles. The molecular weight excluding hydrogens is 438 g/mol. The topological polar surface area (TPSA) is 66.0 Å². The van der Waals surface area contributed by atoms with Crippen LogP contribution in [0.5, 0.6) is 0 Å². The van der Waals surface area contributed by atoms with Crippen molar-refractivity contribution in [2.24, 2.45) is 23.7 Å². The lowest BCUT2D eigenvalue weighted by Gasteiger charge is -2.60. The van der Waals surface area contributed by atoms with Gasteiger partial charge in [0.05, 0.1) is 6.10 Å². The van der Waals surface area contributed by atoms with Crippen LogP contribution in [-0.2, 0) is 24.0 Å². The van der Waals surface area contributed by atoms with Gasteiger partial charge in [0.25, 0.3) is 0 Å². The average molecular weight is 478 g/mol. The molecule has 1 N–H and O–H groups in total. The second kappa shape index (κ2) is 9.50. The van der Waals surface area contributed by atoms with Gasteiger partial charge in [0, 0.05) is 29.3 Å². The predicted molar refractivity (Wildman–Crippen MR) is 130 cm³/mol. The number of ether oxygens (including phenoxy) is 2. The summed E-state index contributed by atoms with van der Waals surface area (Å²) >= 11 is 1.69. The first-order valence-electron chi connectivity index (χ1n) is 12.0. The molecule has 7 heteroatoms. The second-order valence-corrected chi connectivity index (χ2v) is 11.1. The molecule has 1 amide bonds. The summed E-state index contributed by atoms with van der Waals surface area (Å²) in [4.78, 5) is 25.9. The molecule has 4 heterocycles. The number of benzene rings is 1. The van der Waals surface area contributed by atoms with Gasteiger partial charge in [-0.2, -0.15) is 0 Å². The highest BCUT2D eigenvalue weighted by atomic mass is 32.2. The van der Waals surface area contributed by atoms with E-state index in [1.54, 1.807) is 11.8 Å². The number of rotatable bonds is 5. The van der Waals surface area contributed by atoms with Crippen molar-refractivity contribution in [1.82, 2.24) is 0 Å². The SMILES string of the molecule is C.CSc1ccc(NC(=O)CC[C@H]2O[C@@H]3O[C@@]4(C)CC[C@H]5[C@H](C)CC[C@@H]([C@H]2C)[C@@]35OO4)cc1. The van der Waals surface area contributed by atoms with Gasteiger partial charge in [-0.15, -0.1) is 11.8 Å². The molecule has 0 radical (unpaired) electrons. The van der Waals surface area contributed by atoms with E-state index in [0.717, 1.165) is 24.9 Å². The van der Waals surface area contributed by atoms with E-state index in [1.165, 1.54) is 11.3 Å². The van der Waals surface area contributed by atoms with Gasteiger partial charge in [0.1, 0.15) is 0 Å². The normalized spacial score (nSPS) is 41.5. The minimum atomic E-state index is -0.761. The summed E-state index contributed by atoms with van der Waals surface area (Å²) in [5, 5.41) is 3.02. The van der Waals surface area contributed by atoms with Crippen LogP contribution in [0.15, 0.2) is 29.2 Å². The van der Waals surface area contributed by atoms with Gasteiger partial charge in [0.2, 0.25) is 11.7 Å². The Bertz CT molecular complexity index is 850. The van der Waals surface area contributed by atoms with Crippen LogP contribution in [-0.4, -0.2) is 35.9 Å². The third kappa shape index (κ3) is 4.36. The number of fused-ring (bicyclic) bond motifs is 2. The van der Waals surface area contributed by atoms with Crippen LogP contribution in [0.4, 0.5) is 5.69 Å². The van der Waals surface area contributed by atoms with Crippen molar-refractivity contribution in [2.45, 2.75) is 95.4 Å². The highest BCUT2D eigenvalue weighted by Crippen LogP contribution is 2.60. The highest BCUT2D eigenvalue weighted by Gasteiger charge is 2.69. The van der Waals surface area contributed by atoms with E-state index in [2.05, 4.69) is 19.2 Å². The number of amides is 1. The molecule has 0 unspecified atom stereocenters. The second-order valence-electron chi connectivity index (χ2n) is 10.3. The fourth-order valence-electron chi connectivity index (χ4n) is 6.48. The molecule has 33 heavy (non-hydrogen) atoms. The van der Waals surface area contributed by atoms with Crippen LogP contribution in [0.25, 0.3) is 0 Å². The van der Waals surface area contributed by atoms with Crippen molar-refractivity contribution < 1.29 is 24.0 Å². The molecule has 8 atom stereocenters.